The van der Waals surface area contributed by atoms with Gasteiger partial charge in [0.05, 0.1) is 12.0 Å². The number of aryl methyl sites for hydroxylation is 1. The number of fused-ring (bicyclic) bond motifs is 1. The minimum atomic E-state index is -0.407. The highest BCUT2D eigenvalue weighted by molar-refractivity contribution is 5.88. The highest BCUT2D eigenvalue weighted by Crippen LogP contribution is 2.43. The van der Waals surface area contributed by atoms with Crippen molar-refractivity contribution in [2.45, 2.75) is 64.1 Å². The molecule has 1 aromatic heterocycles. The summed E-state index contributed by atoms with van der Waals surface area (Å²) in [6, 6.07) is 10.2. The Morgan fingerprint density at radius 3 is 2.58 bits per heavy atom. The Hall–Kier alpha value is -2.37. The number of rotatable bonds is 4. The van der Waals surface area contributed by atoms with E-state index in [1.807, 2.05) is 30.0 Å². The third-order valence-corrected chi connectivity index (χ3v) is 5.84. The number of hydrogen-bond donors (Lipinski definition) is 0. The van der Waals surface area contributed by atoms with Gasteiger partial charge >= 0.3 is 5.69 Å². The third kappa shape index (κ3) is 2.68. The van der Waals surface area contributed by atoms with E-state index in [-0.39, 0.29) is 11.6 Å². The average Bonchev–Trinajstić information content (AvgIpc) is 3.29. The molecule has 138 valence electrons. The van der Waals surface area contributed by atoms with Crippen LogP contribution in [0.25, 0.3) is 0 Å². The van der Waals surface area contributed by atoms with Crippen LogP contribution in [0.5, 0.6) is 0 Å². The van der Waals surface area contributed by atoms with Crippen molar-refractivity contribution in [1.29, 1.82) is 0 Å². The van der Waals surface area contributed by atoms with E-state index in [1.165, 1.54) is 4.68 Å². The first-order valence-electron chi connectivity index (χ1n) is 9.67. The normalized spacial score (nSPS) is 18.7. The molecule has 2 aliphatic rings. The fraction of sp³-hybridized carbons (Fsp3) is 0.550. The SMILES string of the molecule is CCCn1nc2n(c1=O)CCN(C(=O)C1(c3ccccc3)CCCC1)C2. The molecule has 1 fully saturated rings. The van der Waals surface area contributed by atoms with Crippen molar-refractivity contribution in [2.24, 2.45) is 0 Å². The van der Waals surface area contributed by atoms with Gasteiger partial charge in [-0.15, -0.1) is 0 Å². The van der Waals surface area contributed by atoms with Crippen LogP contribution >= 0.6 is 0 Å². The minimum Gasteiger partial charge on any atom is -0.333 e. The van der Waals surface area contributed by atoms with E-state index in [0.29, 0.717) is 32.0 Å². The topological polar surface area (TPSA) is 60.1 Å². The molecule has 0 bridgehead atoms. The number of carbonyl (C=O) groups is 1. The Morgan fingerprint density at radius 1 is 1.15 bits per heavy atom. The molecule has 1 aromatic carbocycles. The molecule has 4 rings (SSSR count). The van der Waals surface area contributed by atoms with Crippen LogP contribution in [0.15, 0.2) is 35.1 Å². The molecule has 1 saturated carbocycles. The van der Waals surface area contributed by atoms with Crippen LogP contribution in [-0.2, 0) is 29.8 Å². The van der Waals surface area contributed by atoms with Crippen molar-refractivity contribution in [3.05, 3.63) is 52.2 Å². The summed E-state index contributed by atoms with van der Waals surface area (Å²) in [5, 5.41) is 4.47. The van der Waals surface area contributed by atoms with Gasteiger partial charge < -0.3 is 4.90 Å². The second-order valence-electron chi connectivity index (χ2n) is 7.46. The fourth-order valence-electron chi connectivity index (χ4n) is 4.49. The highest BCUT2D eigenvalue weighted by Gasteiger charge is 2.45. The predicted octanol–water partition coefficient (Wildman–Crippen LogP) is 2.31. The molecular formula is C20H26N4O2. The molecular weight excluding hydrogens is 328 g/mol. The number of benzene rings is 1. The predicted molar refractivity (Wildman–Crippen MR) is 98.8 cm³/mol. The zero-order chi connectivity index (χ0) is 18.1. The summed E-state index contributed by atoms with van der Waals surface area (Å²) >= 11 is 0. The molecule has 6 heteroatoms. The summed E-state index contributed by atoms with van der Waals surface area (Å²) in [4.78, 5) is 27.8. The number of aromatic nitrogens is 3. The van der Waals surface area contributed by atoms with Gasteiger partial charge in [0.25, 0.3) is 0 Å². The molecule has 2 aromatic rings. The van der Waals surface area contributed by atoms with Crippen LogP contribution in [-0.4, -0.2) is 31.7 Å². The van der Waals surface area contributed by atoms with Gasteiger partial charge in [-0.3, -0.25) is 9.36 Å². The molecule has 1 aliphatic heterocycles. The summed E-state index contributed by atoms with van der Waals surface area (Å²) < 4.78 is 3.26. The smallest absolute Gasteiger partial charge is 0.333 e. The van der Waals surface area contributed by atoms with Gasteiger partial charge in [0.15, 0.2) is 5.82 Å². The fourth-order valence-corrected chi connectivity index (χ4v) is 4.49. The Balaban J connectivity index is 1.63. The average molecular weight is 354 g/mol. The van der Waals surface area contributed by atoms with Crippen LogP contribution in [0.1, 0.15) is 50.4 Å². The number of carbonyl (C=O) groups excluding carboxylic acids is 1. The van der Waals surface area contributed by atoms with Crippen LogP contribution < -0.4 is 5.69 Å². The van der Waals surface area contributed by atoms with Crippen LogP contribution in [0.3, 0.4) is 0 Å². The summed E-state index contributed by atoms with van der Waals surface area (Å²) in [6.07, 6.45) is 4.86. The summed E-state index contributed by atoms with van der Waals surface area (Å²) in [7, 11) is 0. The van der Waals surface area contributed by atoms with Gasteiger partial charge in [-0.05, 0) is 24.8 Å². The maximum Gasteiger partial charge on any atom is 0.346 e. The van der Waals surface area contributed by atoms with Crippen molar-refractivity contribution < 1.29 is 4.79 Å². The Labute approximate surface area is 153 Å². The standard InChI is InChI=1S/C20H26N4O2/c1-2-12-24-19(26)23-14-13-22(15-17(23)21-24)18(25)20(10-6-7-11-20)16-8-4-3-5-9-16/h3-5,8-9H,2,6-7,10-15H2,1H3. The lowest BCUT2D eigenvalue weighted by atomic mass is 9.77. The van der Waals surface area contributed by atoms with Gasteiger partial charge in [-0.2, -0.15) is 5.10 Å². The Kier molecular flexibility index (Phi) is 4.42. The Bertz CT molecular complexity index is 846. The van der Waals surface area contributed by atoms with Gasteiger partial charge in [0.2, 0.25) is 5.91 Å². The first-order valence-corrected chi connectivity index (χ1v) is 9.67. The lowest BCUT2D eigenvalue weighted by molar-refractivity contribution is -0.139. The van der Waals surface area contributed by atoms with E-state index in [0.717, 1.165) is 37.7 Å². The molecule has 0 spiro atoms. The quantitative estimate of drug-likeness (QED) is 0.846. The first kappa shape index (κ1) is 17.1. The maximum absolute atomic E-state index is 13.6. The van der Waals surface area contributed by atoms with Crippen LogP contribution in [0, 0.1) is 0 Å². The van der Waals surface area contributed by atoms with E-state index >= 15 is 0 Å². The zero-order valence-corrected chi connectivity index (χ0v) is 15.4. The summed E-state index contributed by atoms with van der Waals surface area (Å²) in [6.45, 7) is 4.21. The molecule has 0 saturated heterocycles. The summed E-state index contributed by atoms with van der Waals surface area (Å²) in [5.74, 6) is 0.911. The van der Waals surface area contributed by atoms with E-state index in [9.17, 15) is 9.59 Å². The van der Waals surface area contributed by atoms with Crippen molar-refractivity contribution in [3.8, 4) is 0 Å². The largest absolute Gasteiger partial charge is 0.346 e. The summed E-state index contributed by atoms with van der Waals surface area (Å²) in [5.41, 5.74) is 0.671. The molecule has 0 unspecified atom stereocenters. The number of hydrogen-bond acceptors (Lipinski definition) is 3. The van der Waals surface area contributed by atoms with E-state index in [1.54, 1.807) is 4.57 Å². The van der Waals surface area contributed by atoms with E-state index in [2.05, 4.69) is 17.2 Å². The van der Waals surface area contributed by atoms with Crippen molar-refractivity contribution in [3.63, 3.8) is 0 Å². The van der Waals surface area contributed by atoms with Gasteiger partial charge in [0.1, 0.15) is 0 Å². The molecule has 6 nitrogen and oxygen atoms in total. The third-order valence-electron chi connectivity index (χ3n) is 5.84. The number of amides is 1. The molecule has 0 atom stereocenters. The second-order valence-corrected chi connectivity index (χ2v) is 7.46. The van der Waals surface area contributed by atoms with Crippen molar-refractivity contribution in [2.75, 3.05) is 6.54 Å². The first-order chi connectivity index (χ1) is 12.7. The highest BCUT2D eigenvalue weighted by atomic mass is 16.2. The molecule has 2 heterocycles. The van der Waals surface area contributed by atoms with Gasteiger partial charge in [0, 0.05) is 19.6 Å². The van der Waals surface area contributed by atoms with Gasteiger partial charge in [-0.25, -0.2) is 9.48 Å². The van der Waals surface area contributed by atoms with Crippen LogP contribution in [0.4, 0.5) is 0 Å². The maximum atomic E-state index is 13.6. The molecule has 1 amide bonds. The zero-order valence-electron chi connectivity index (χ0n) is 15.4. The molecule has 0 N–H and O–H groups in total. The lowest BCUT2D eigenvalue weighted by Crippen LogP contribution is -2.49. The molecule has 26 heavy (non-hydrogen) atoms. The van der Waals surface area contributed by atoms with Gasteiger partial charge in [-0.1, -0.05) is 50.1 Å². The molecule has 1 aliphatic carbocycles. The van der Waals surface area contributed by atoms with Crippen molar-refractivity contribution >= 4 is 5.91 Å². The monoisotopic (exact) mass is 354 g/mol. The second kappa shape index (κ2) is 6.74. The lowest BCUT2D eigenvalue weighted by Gasteiger charge is -2.36. The van der Waals surface area contributed by atoms with Crippen molar-refractivity contribution in [1.82, 2.24) is 19.2 Å². The molecule has 0 radical (unpaired) electrons. The Morgan fingerprint density at radius 2 is 1.88 bits per heavy atom. The van der Waals surface area contributed by atoms with E-state index in [4.69, 9.17) is 0 Å². The minimum absolute atomic E-state index is 0.0485. The van der Waals surface area contributed by atoms with Crippen LogP contribution in [0.2, 0.25) is 0 Å². The number of nitrogens with zero attached hydrogens (tertiary/aromatic N) is 4. The van der Waals surface area contributed by atoms with E-state index < -0.39 is 5.41 Å².